The second-order valence-corrected chi connectivity index (χ2v) is 3.99. The van der Waals surface area contributed by atoms with Crippen molar-refractivity contribution in [1.82, 2.24) is 4.98 Å². The zero-order chi connectivity index (χ0) is 14.7. The lowest BCUT2D eigenvalue weighted by Crippen LogP contribution is -2.04. The van der Waals surface area contributed by atoms with Crippen molar-refractivity contribution in [2.75, 3.05) is 20.3 Å². The molecule has 8 heteroatoms. The quantitative estimate of drug-likeness (QED) is 0.473. The molecule has 1 heterocycles. The summed E-state index contributed by atoms with van der Waals surface area (Å²) >= 11 is 0. The lowest BCUT2D eigenvalue weighted by Gasteiger charge is -2.05. The molecule has 2 aromatic rings. The molecule has 8 nitrogen and oxygen atoms in total. The van der Waals surface area contributed by atoms with Crippen LogP contribution in [0.15, 0.2) is 18.2 Å². The molecule has 2 N–H and O–H groups in total. The Labute approximate surface area is 113 Å². The Morgan fingerprint density at radius 1 is 1.40 bits per heavy atom. The highest BCUT2D eigenvalue weighted by Gasteiger charge is 2.19. The van der Waals surface area contributed by atoms with E-state index >= 15 is 0 Å². The average Bonchev–Trinajstić information content (AvgIpc) is 2.82. The largest absolute Gasteiger partial charge is 0.491 e. The van der Waals surface area contributed by atoms with E-state index in [1.54, 1.807) is 6.07 Å². The summed E-state index contributed by atoms with van der Waals surface area (Å²) in [6.45, 7) is 0.592. The third kappa shape index (κ3) is 2.69. The predicted octanol–water partition coefficient (Wildman–Crippen LogP) is 1.80. The maximum Gasteiger partial charge on any atom is 0.352 e. The molecular weight excluding hydrogens is 268 g/mol. The number of hydrogen-bond acceptors (Lipinski definition) is 5. The topological polar surface area (TPSA) is 115 Å². The summed E-state index contributed by atoms with van der Waals surface area (Å²) in [6.07, 6.45) is 0. The van der Waals surface area contributed by atoms with Crippen LogP contribution in [0.2, 0.25) is 0 Å². The fourth-order valence-electron chi connectivity index (χ4n) is 1.78. The van der Waals surface area contributed by atoms with Gasteiger partial charge in [0, 0.05) is 12.5 Å². The van der Waals surface area contributed by atoms with Gasteiger partial charge in [-0.1, -0.05) is 0 Å². The van der Waals surface area contributed by atoms with E-state index in [0.717, 1.165) is 0 Å². The van der Waals surface area contributed by atoms with E-state index < -0.39 is 10.9 Å². The number of fused-ring (bicyclic) bond motifs is 1. The molecule has 0 aliphatic rings. The van der Waals surface area contributed by atoms with Crippen molar-refractivity contribution in [2.24, 2.45) is 0 Å². The maximum atomic E-state index is 11.0. The van der Waals surface area contributed by atoms with Gasteiger partial charge in [-0.15, -0.1) is 0 Å². The highest BCUT2D eigenvalue weighted by Crippen LogP contribution is 2.31. The first-order valence-corrected chi connectivity index (χ1v) is 5.69. The number of carbonyl (C=O) groups is 1. The number of aromatic nitrogens is 1. The predicted molar refractivity (Wildman–Crippen MR) is 69.3 cm³/mol. The first-order valence-electron chi connectivity index (χ1n) is 5.69. The Morgan fingerprint density at radius 3 is 2.75 bits per heavy atom. The van der Waals surface area contributed by atoms with Gasteiger partial charge in [0.25, 0.3) is 5.69 Å². The number of ether oxygens (including phenoxy) is 2. The molecule has 20 heavy (non-hydrogen) atoms. The van der Waals surface area contributed by atoms with Gasteiger partial charge in [0.2, 0.25) is 0 Å². The van der Waals surface area contributed by atoms with E-state index in [9.17, 15) is 14.9 Å². The van der Waals surface area contributed by atoms with Crippen molar-refractivity contribution < 1.29 is 24.3 Å². The molecule has 0 atom stereocenters. The van der Waals surface area contributed by atoms with E-state index in [4.69, 9.17) is 14.6 Å². The van der Waals surface area contributed by atoms with Crippen LogP contribution in [0.1, 0.15) is 10.5 Å². The lowest BCUT2D eigenvalue weighted by atomic mass is 10.2. The van der Waals surface area contributed by atoms with Crippen molar-refractivity contribution in [3.05, 3.63) is 34.0 Å². The van der Waals surface area contributed by atoms with Gasteiger partial charge < -0.3 is 19.6 Å². The summed E-state index contributed by atoms with van der Waals surface area (Å²) in [6, 6.07) is 4.12. The molecule has 0 spiro atoms. The molecule has 0 bridgehead atoms. The third-order valence-electron chi connectivity index (χ3n) is 2.66. The molecule has 0 aliphatic carbocycles. The number of methoxy groups -OCH3 is 1. The Morgan fingerprint density at radius 2 is 2.15 bits per heavy atom. The van der Waals surface area contributed by atoms with Crippen LogP contribution < -0.4 is 4.74 Å². The highest BCUT2D eigenvalue weighted by atomic mass is 16.6. The number of nitro groups is 1. The smallest absolute Gasteiger partial charge is 0.352 e. The molecule has 1 aromatic heterocycles. The molecular formula is C12H12N2O6. The van der Waals surface area contributed by atoms with E-state index in [-0.39, 0.29) is 29.3 Å². The fraction of sp³-hybridized carbons (Fsp3) is 0.250. The molecule has 0 unspecified atom stereocenters. The van der Waals surface area contributed by atoms with Gasteiger partial charge in [-0.05, 0) is 12.1 Å². The molecule has 0 amide bonds. The Kier molecular flexibility index (Phi) is 3.85. The van der Waals surface area contributed by atoms with E-state index in [1.807, 2.05) is 0 Å². The van der Waals surface area contributed by atoms with Crippen LogP contribution in [0, 0.1) is 10.1 Å². The van der Waals surface area contributed by atoms with Crippen LogP contribution in [0.5, 0.6) is 5.75 Å². The summed E-state index contributed by atoms with van der Waals surface area (Å²) in [4.78, 5) is 23.9. The zero-order valence-electron chi connectivity index (χ0n) is 10.6. The minimum Gasteiger partial charge on any atom is -0.491 e. The van der Waals surface area contributed by atoms with Crippen molar-refractivity contribution in [1.29, 1.82) is 0 Å². The van der Waals surface area contributed by atoms with Crippen molar-refractivity contribution in [3.8, 4) is 5.75 Å². The number of H-pyrrole nitrogens is 1. The van der Waals surface area contributed by atoms with Gasteiger partial charge in [0.05, 0.1) is 17.6 Å². The summed E-state index contributed by atoms with van der Waals surface area (Å²) in [5, 5.41) is 20.3. The number of nitro benzene ring substituents is 1. The van der Waals surface area contributed by atoms with Crippen molar-refractivity contribution in [2.45, 2.75) is 0 Å². The van der Waals surface area contributed by atoms with Gasteiger partial charge in [0.1, 0.15) is 23.6 Å². The van der Waals surface area contributed by atoms with E-state index in [0.29, 0.717) is 12.0 Å². The molecule has 0 radical (unpaired) electrons. The molecule has 0 saturated carbocycles. The van der Waals surface area contributed by atoms with E-state index in [2.05, 4.69) is 4.98 Å². The minimum atomic E-state index is -1.18. The molecule has 1 aromatic carbocycles. The summed E-state index contributed by atoms with van der Waals surface area (Å²) < 4.78 is 10.1. The number of aromatic amines is 1. The van der Waals surface area contributed by atoms with Crippen LogP contribution in [0.25, 0.3) is 10.9 Å². The number of nitrogens with one attached hydrogen (secondary N) is 1. The minimum absolute atomic E-state index is 0.114. The Bertz CT molecular complexity index is 663. The molecule has 0 aliphatic heterocycles. The SMILES string of the molecule is COCCOc1cc([N+](=O)[O-])c2[nH]c(C(=O)O)cc2c1. The number of nitrogens with zero attached hydrogens (tertiary/aromatic N) is 1. The van der Waals surface area contributed by atoms with Crippen molar-refractivity contribution >= 4 is 22.6 Å². The molecule has 106 valence electrons. The van der Waals surface area contributed by atoms with Gasteiger partial charge in [-0.25, -0.2) is 4.79 Å². The Balaban J connectivity index is 2.47. The monoisotopic (exact) mass is 280 g/mol. The number of carboxylic acid groups (broad SMARTS) is 1. The number of non-ortho nitro benzene ring substituents is 1. The summed E-state index contributed by atoms with van der Waals surface area (Å²) in [7, 11) is 1.51. The van der Waals surface area contributed by atoms with Crippen molar-refractivity contribution in [3.63, 3.8) is 0 Å². The number of rotatable bonds is 6. The van der Waals surface area contributed by atoms with Gasteiger partial charge in [-0.3, -0.25) is 10.1 Å². The lowest BCUT2D eigenvalue weighted by molar-refractivity contribution is -0.383. The number of hydrogen-bond donors (Lipinski definition) is 2. The van der Waals surface area contributed by atoms with Crippen LogP contribution in [-0.2, 0) is 4.74 Å². The standard InChI is InChI=1S/C12H12N2O6/c1-19-2-3-20-8-4-7-5-9(12(15)16)13-11(7)10(6-8)14(17)18/h4-6,13H,2-3H2,1H3,(H,15,16). The first-order chi connectivity index (χ1) is 9.52. The van der Waals surface area contributed by atoms with Gasteiger partial charge in [0.15, 0.2) is 0 Å². The second-order valence-electron chi connectivity index (χ2n) is 3.99. The zero-order valence-corrected chi connectivity index (χ0v) is 10.6. The Hall–Kier alpha value is -2.61. The van der Waals surface area contributed by atoms with Crippen LogP contribution >= 0.6 is 0 Å². The van der Waals surface area contributed by atoms with E-state index in [1.165, 1.54) is 19.2 Å². The average molecular weight is 280 g/mol. The highest BCUT2D eigenvalue weighted by molar-refractivity contribution is 5.97. The first kappa shape index (κ1) is 13.8. The number of carboxylic acids is 1. The van der Waals surface area contributed by atoms with Gasteiger partial charge in [-0.2, -0.15) is 0 Å². The molecule has 0 fully saturated rings. The summed E-state index contributed by atoms with van der Waals surface area (Å²) in [5.41, 5.74) is -0.189. The number of benzene rings is 1. The van der Waals surface area contributed by atoms with Crippen LogP contribution in [0.4, 0.5) is 5.69 Å². The second kappa shape index (κ2) is 5.57. The molecule has 0 saturated heterocycles. The fourth-order valence-corrected chi connectivity index (χ4v) is 1.78. The van der Waals surface area contributed by atoms with Crippen LogP contribution in [-0.4, -0.2) is 41.3 Å². The molecule has 2 rings (SSSR count). The van der Waals surface area contributed by atoms with Gasteiger partial charge >= 0.3 is 5.97 Å². The normalized spacial score (nSPS) is 10.7. The number of aromatic carboxylic acids is 1. The maximum absolute atomic E-state index is 11.0. The third-order valence-corrected chi connectivity index (χ3v) is 2.66. The van der Waals surface area contributed by atoms with Crippen LogP contribution in [0.3, 0.4) is 0 Å². The summed E-state index contributed by atoms with van der Waals surface area (Å²) in [5.74, 6) is -0.894.